The molecule has 0 amide bonds. The van der Waals surface area contributed by atoms with Gasteiger partial charge in [-0.25, -0.2) is 0 Å². The highest BCUT2D eigenvalue weighted by Gasteiger charge is 2.15. The Morgan fingerprint density at radius 3 is 2.57 bits per heavy atom. The summed E-state index contributed by atoms with van der Waals surface area (Å²) >= 11 is 3.57. The van der Waals surface area contributed by atoms with Gasteiger partial charge in [0.15, 0.2) is 0 Å². The first kappa shape index (κ1) is 16.5. The molecule has 1 aliphatic carbocycles. The van der Waals surface area contributed by atoms with Gasteiger partial charge in [-0.15, -0.1) is 0 Å². The number of aryl methyl sites for hydroxylation is 1. The molecule has 0 radical (unpaired) electrons. The smallest absolute Gasteiger partial charge is 0.124 e. The molecule has 2 nitrogen and oxygen atoms in total. The van der Waals surface area contributed by atoms with Crippen LogP contribution in [0, 0.1) is 6.92 Å². The molecule has 1 aliphatic rings. The summed E-state index contributed by atoms with van der Waals surface area (Å²) in [7, 11) is 0. The van der Waals surface area contributed by atoms with Crippen molar-refractivity contribution in [2.45, 2.75) is 51.8 Å². The molecule has 122 valence electrons. The maximum absolute atomic E-state index is 6.07. The van der Waals surface area contributed by atoms with Crippen LogP contribution >= 0.6 is 15.9 Å². The SMILES string of the molecule is Cc1ccc(COc2ccc(Br)cc2CNC2CCCC2)cc1. The van der Waals surface area contributed by atoms with E-state index in [4.69, 9.17) is 4.74 Å². The largest absolute Gasteiger partial charge is 0.489 e. The zero-order valence-electron chi connectivity index (χ0n) is 13.6. The van der Waals surface area contributed by atoms with Gasteiger partial charge in [0.05, 0.1) is 0 Å². The highest BCUT2D eigenvalue weighted by molar-refractivity contribution is 9.10. The topological polar surface area (TPSA) is 21.3 Å². The first-order valence-corrected chi connectivity index (χ1v) is 9.20. The summed E-state index contributed by atoms with van der Waals surface area (Å²) in [5.74, 6) is 0.972. The fourth-order valence-electron chi connectivity index (χ4n) is 3.06. The maximum atomic E-state index is 6.07. The van der Waals surface area contributed by atoms with Crippen molar-refractivity contribution in [2.75, 3.05) is 0 Å². The van der Waals surface area contributed by atoms with Crippen LogP contribution in [0.5, 0.6) is 5.75 Å². The molecule has 1 saturated carbocycles. The van der Waals surface area contributed by atoms with E-state index in [0.29, 0.717) is 12.6 Å². The monoisotopic (exact) mass is 373 g/mol. The first-order valence-electron chi connectivity index (χ1n) is 8.41. The Hall–Kier alpha value is -1.32. The Morgan fingerprint density at radius 2 is 1.83 bits per heavy atom. The van der Waals surface area contributed by atoms with Gasteiger partial charge in [0, 0.05) is 22.6 Å². The van der Waals surface area contributed by atoms with Crippen LogP contribution < -0.4 is 10.1 Å². The van der Waals surface area contributed by atoms with Gasteiger partial charge in [-0.1, -0.05) is 58.6 Å². The van der Waals surface area contributed by atoms with Crippen molar-refractivity contribution in [1.29, 1.82) is 0 Å². The van der Waals surface area contributed by atoms with E-state index in [9.17, 15) is 0 Å². The van der Waals surface area contributed by atoms with Crippen LogP contribution in [0.1, 0.15) is 42.4 Å². The van der Waals surface area contributed by atoms with Crippen LogP contribution in [-0.2, 0) is 13.2 Å². The second kappa shape index (κ2) is 7.98. The van der Waals surface area contributed by atoms with Gasteiger partial charge < -0.3 is 10.1 Å². The van der Waals surface area contributed by atoms with Crippen LogP contribution in [0.15, 0.2) is 46.9 Å². The van der Waals surface area contributed by atoms with Crippen molar-refractivity contribution in [3.63, 3.8) is 0 Å². The molecule has 0 spiro atoms. The third kappa shape index (κ3) is 4.82. The summed E-state index contributed by atoms with van der Waals surface area (Å²) in [6.07, 6.45) is 5.31. The van der Waals surface area contributed by atoms with Crippen LogP contribution in [0.4, 0.5) is 0 Å². The lowest BCUT2D eigenvalue weighted by Crippen LogP contribution is -2.25. The van der Waals surface area contributed by atoms with E-state index in [0.717, 1.165) is 16.8 Å². The zero-order chi connectivity index (χ0) is 16.1. The second-order valence-electron chi connectivity index (χ2n) is 6.39. The summed E-state index contributed by atoms with van der Waals surface area (Å²) in [5, 5.41) is 3.67. The third-order valence-corrected chi connectivity index (χ3v) is 4.97. The fourth-order valence-corrected chi connectivity index (χ4v) is 3.47. The summed E-state index contributed by atoms with van der Waals surface area (Å²) in [5.41, 5.74) is 3.70. The van der Waals surface area contributed by atoms with Gasteiger partial charge in [-0.2, -0.15) is 0 Å². The number of hydrogen-bond acceptors (Lipinski definition) is 2. The lowest BCUT2D eigenvalue weighted by Gasteiger charge is -2.16. The van der Waals surface area contributed by atoms with Crippen molar-refractivity contribution in [3.05, 3.63) is 63.6 Å². The number of nitrogens with one attached hydrogen (secondary N) is 1. The molecule has 3 heteroatoms. The summed E-state index contributed by atoms with van der Waals surface area (Å²) in [6.45, 7) is 3.58. The van der Waals surface area contributed by atoms with Gasteiger partial charge in [-0.3, -0.25) is 0 Å². The zero-order valence-corrected chi connectivity index (χ0v) is 15.2. The molecule has 0 unspecified atom stereocenters. The molecule has 3 rings (SSSR count). The van der Waals surface area contributed by atoms with E-state index >= 15 is 0 Å². The summed E-state index contributed by atoms with van der Waals surface area (Å²) in [4.78, 5) is 0. The molecule has 0 aliphatic heterocycles. The predicted octanol–water partition coefficient (Wildman–Crippen LogP) is 5.37. The minimum atomic E-state index is 0.609. The van der Waals surface area contributed by atoms with E-state index in [-0.39, 0.29) is 0 Å². The normalized spacial score (nSPS) is 15.0. The number of rotatable bonds is 6. The Labute approximate surface area is 147 Å². The highest BCUT2D eigenvalue weighted by atomic mass is 79.9. The van der Waals surface area contributed by atoms with Crippen molar-refractivity contribution in [3.8, 4) is 5.75 Å². The minimum Gasteiger partial charge on any atom is -0.489 e. The van der Waals surface area contributed by atoms with Crippen LogP contribution in [0.3, 0.4) is 0 Å². The molecule has 0 bridgehead atoms. The maximum Gasteiger partial charge on any atom is 0.124 e. The minimum absolute atomic E-state index is 0.609. The van der Waals surface area contributed by atoms with Crippen molar-refractivity contribution < 1.29 is 4.74 Å². The standard InChI is InChI=1S/C20H24BrNO/c1-15-6-8-16(9-7-15)14-23-20-11-10-18(21)12-17(20)13-22-19-4-2-3-5-19/h6-12,19,22H,2-5,13-14H2,1H3. The van der Waals surface area contributed by atoms with Gasteiger partial charge in [-0.05, 0) is 43.5 Å². The van der Waals surface area contributed by atoms with Crippen LogP contribution in [0.2, 0.25) is 0 Å². The van der Waals surface area contributed by atoms with Crippen molar-refractivity contribution >= 4 is 15.9 Å². The molecule has 2 aromatic carbocycles. The molecule has 0 atom stereocenters. The molecule has 0 saturated heterocycles. The third-order valence-electron chi connectivity index (χ3n) is 4.47. The van der Waals surface area contributed by atoms with Crippen molar-refractivity contribution in [2.24, 2.45) is 0 Å². The Bertz CT molecular complexity index is 633. The number of hydrogen-bond donors (Lipinski definition) is 1. The number of benzene rings is 2. The quantitative estimate of drug-likeness (QED) is 0.734. The molecule has 23 heavy (non-hydrogen) atoms. The van der Waals surface area contributed by atoms with Crippen LogP contribution in [-0.4, -0.2) is 6.04 Å². The first-order chi connectivity index (χ1) is 11.2. The molecule has 1 N–H and O–H groups in total. The molecule has 1 fully saturated rings. The van der Waals surface area contributed by atoms with E-state index in [1.54, 1.807) is 0 Å². The highest BCUT2D eigenvalue weighted by Crippen LogP contribution is 2.25. The fraction of sp³-hybridized carbons (Fsp3) is 0.400. The van der Waals surface area contributed by atoms with Crippen molar-refractivity contribution in [1.82, 2.24) is 5.32 Å². The van der Waals surface area contributed by atoms with Gasteiger partial charge in [0.1, 0.15) is 12.4 Å². The lowest BCUT2D eigenvalue weighted by molar-refractivity contribution is 0.301. The Balaban J connectivity index is 1.64. The van der Waals surface area contributed by atoms with E-state index in [2.05, 4.69) is 64.6 Å². The van der Waals surface area contributed by atoms with E-state index < -0.39 is 0 Å². The van der Waals surface area contributed by atoms with E-state index in [1.807, 2.05) is 6.07 Å². The van der Waals surface area contributed by atoms with Crippen LogP contribution in [0.25, 0.3) is 0 Å². The molecule has 2 aromatic rings. The lowest BCUT2D eigenvalue weighted by atomic mass is 10.1. The summed E-state index contributed by atoms with van der Waals surface area (Å²) in [6, 6.07) is 15.4. The van der Waals surface area contributed by atoms with E-state index in [1.165, 1.54) is 42.4 Å². The van der Waals surface area contributed by atoms with Gasteiger partial charge >= 0.3 is 0 Å². The molecular weight excluding hydrogens is 350 g/mol. The molecular formula is C20H24BrNO. The Kier molecular flexibility index (Phi) is 5.74. The average Bonchev–Trinajstić information content (AvgIpc) is 3.07. The average molecular weight is 374 g/mol. The summed E-state index contributed by atoms with van der Waals surface area (Å²) < 4.78 is 7.17. The predicted molar refractivity (Wildman–Crippen MR) is 98.7 cm³/mol. The second-order valence-corrected chi connectivity index (χ2v) is 7.30. The Morgan fingerprint density at radius 1 is 1.09 bits per heavy atom. The molecule has 0 aromatic heterocycles. The van der Waals surface area contributed by atoms with Gasteiger partial charge in [0.25, 0.3) is 0 Å². The molecule has 0 heterocycles. The number of halogens is 1. The van der Waals surface area contributed by atoms with Gasteiger partial charge in [0.2, 0.25) is 0 Å². The number of ether oxygens (including phenoxy) is 1.